The van der Waals surface area contributed by atoms with Crippen LogP contribution in [0.15, 0.2) is 224 Å². The number of benzene rings is 10. The van der Waals surface area contributed by atoms with Gasteiger partial charge in [0.05, 0.1) is 33.4 Å². The topological polar surface area (TPSA) is 48.0 Å². The van der Waals surface area contributed by atoms with E-state index < -0.39 is 0 Å². The van der Waals surface area contributed by atoms with Gasteiger partial charge in [0.2, 0.25) is 0 Å². The van der Waals surface area contributed by atoms with Crippen LogP contribution in [0.25, 0.3) is 133 Å². The molecule has 0 aliphatic carbocycles. The van der Waals surface area contributed by atoms with E-state index in [-0.39, 0.29) is 0 Å². The highest BCUT2D eigenvalue weighted by Gasteiger charge is 2.30. The standard InChI is InChI=1S/C61H37N5/c1-5-20-38(21-6-1)52-54-46-31-15-16-32-47(46)57-55-53-45(44-30-17-18-34-49(44)66(58(54)55)56(52)39-22-7-2-8-23-39)33-19-35-51(53)65(57)50-37-36-48(42-28-13-14-29-43(42)50)61-63-59(40-24-9-3-10-25-40)62-60(64-61)41-26-11-4-12-27-41/h1-37H. The monoisotopic (exact) mass is 839 g/mol. The van der Waals surface area contributed by atoms with Gasteiger partial charge in [0.1, 0.15) is 0 Å². The van der Waals surface area contributed by atoms with Gasteiger partial charge in [0.25, 0.3) is 0 Å². The van der Waals surface area contributed by atoms with Crippen LogP contribution in [0.5, 0.6) is 0 Å². The molecule has 14 rings (SSSR count). The second-order valence-corrected chi connectivity index (χ2v) is 17.1. The number of rotatable bonds is 6. The Hall–Kier alpha value is -8.93. The molecular weight excluding hydrogens is 803 g/mol. The van der Waals surface area contributed by atoms with Gasteiger partial charge in [-0.05, 0) is 51.6 Å². The van der Waals surface area contributed by atoms with Crippen LogP contribution in [0.3, 0.4) is 0 Å². The number of fused-ring (bicyclic) bond motifs is 7. The van der Waals surface area contributed by atoms with E-state index in [1.165, 1.54) is 76.6 Å². The maximum Gasteiger partial charge on any atom is 0.164 e. The van der Waals surface area contributed by atoms with E-state index in [2.05, 4.69) is 197 Å². The fourth-order valence-electron chi connectivity index (χ4n) is 10.8. The fraction of sp³-hybridized carbons (Fsp3) is 0. The minimum absolute atomic E-state index is 0.632. The van der Waals surface area contributed by atoms with Gasteiger partial charge in [0.15, 0.2) is 17.5 Å². The SMILES string of the molecule is c1ccc(-c2nc(-c3ccccc3)nc(-c3ccc(-n4c5cccc6c7ccccc7n7c(-c8ccccc8)c(-c8ccccc8)c8c9ccccc9c4c(c65)c87)c4ccccc34)n2)cc1. The Morgan fingerprint density at radius 3 is 1.44 bits per heavy atom. The molecule has 0 saturated carbocycles. The highest BCUT2D eigenvalue weighted by atomic mass is 15.0. The van der Waals surface area contributed by atoms with Crippen molar-refractivity contribution in [2.45, 2.75) is 0 Å². The molecular formula is C61H37N5. The zero-order valence-corrected chi connectivity index (χ0v) is 35.6. The Labute approximate surface area is 379 Å². The summed E-state index contributed by atoms with van der Waals surface area (Å²) >= 11 is 0. The number of nitrogens with zero attached hydrogens (tertiary/aromatic N) is 5. The number of para-hydroxylation sites is 1. The summed E-state index contributed by atoms with van der Waals surface area (Å²) in [4.78, 5) is 15.4. The van der Waals surface area contributed by atoms with Crippen molar-refractivity contribution in [3.05, 3.63) is 224 Å². The first-order chi connectivity index (χ1) is 32.8. The van der Waals surface area contributed by atoms with Gasteiger partial charge in [-0.25, -0.2) is 15.0 Å². The lowest BCUT2D eigenvalue weighted by Gasteiger charge is -2.16. The molecule has 0 amide bonds. The number of hydrogen-bond donors (Lipinski definition) is 0. The molecule has 0 saturated heterocycles. The van der Waals surface area contributed by atoms with Crippen LogP contribution in [0.1, 0.15) is 0 Å². The van der Waals surface area contributed by atoms with E-state index in [0.29, 0.717) is 17.5 Å². The van der Waals surface area contributed by atoms with E-state index in [1.54, 1.807) is 0 Å². The van der Waals surface area contributed by atoms with Gasteiger partial charge in [-0.1, -0.05) is 200 Å². The maximum absolute atomic E-state index is 5.20. The second-order valence-electron chi connectivity index (χ2n) is 17.1. The summed E-state index contributed by atoms with van der Waals surface area (Å²) in [6.07, 6.45) is 0. The third-order valence-corrected chi connectivity index (χ3v) is 13.5. The molecule has 0 aliphatic heterocycles. The van der Waals surface area contributed by atoms with Crippen molar-refractivity contribution in [1.82, 2.24) is 23.9 Å². The Morgan fingerprint density at radius 1 is 0.288 bits per heavy atom. The van der Waals surface area contributed by atoms with Crippen LogP contribution < -0.4 is 0 Å². The molecule has 5 heteroatoms. The first-order valence-electron chi connectivity index (χ1n) is 22.5. The lowest BCUT2D eigenvalue weighted by molar-refractivity contribution is 1.08. The van der Waals surface area contributed by atoms with Gasteiger partial charge in [0, 0.05) is 54.6 Å². The molecule has 0 radical (unpaired) electrons. The zero-order chi connectivity index (χ0) is 43.3. The van der Waals surface area contributed by atoms with Crippen molar-refractivity contribution in [2.24, 2.45) is 0 Å². The van der Waals surface area contributed by atoms with E-state index >= 15 is 0 Å². The Kier molecular flexibility index (Phi) is 7.91. The van der Waals surface area contributed by atoms with Gasteiger partial charge in [-0.15, -0.1) is 0 Å². The largest absolute Gasteiger partial charge is 0.308 e. The fourth-order valence-corrected chi connectivity index (χ4v) is 10.8. The molecule has 306 valence electrons. The molecule has 0 N–H and O–H groups in total. The molecule has 14 aromatic rings. The molecule has 4 aromatic heterocycles. The molecule has 0 bridgehead atoms. The third kappa shape index (κ3) is 5.25. The van der Waals surface area contributed by atoms with Gasteiger partial charge < -0.3 is 8.97 Å². The van der Waals surface area contributed by atoms with Crippen molar-refractivity contribution in [1.29, 1.82) is 0 Å². The van der Waals surface area contributed by atoms with Gasteiger partial charge in [-0.2, -0.15) is 0 Å². The van der Waals surface area contributed by atoms with Crippen molar-refractivity contribution >= 4 is 70.5 Å². The Bertz CT molecular complexity index is 4140. The zero-order valence-electron chi connectivity index (χ0n) is 35.6. The first-order valence-corrected chi connectivity index (χ1v) is 22.5. The molecule has 0 unspecified atom stereocenters. The molecule has 0 atom stereocenters. The van der Waals surface area contributed by atoms with Crippen molar-refractivity contribution < 1.29 is 0 Å². The summed E-state index contributed by atoms with van der Waals surface area (Å²) in [6, 6.07) is 80.4. The predicted molar refractivity (Wildman–Crippen MR) is 274 cm³/mol. The van der Waals surface area contributed by atoms with Crippen LogP contribution in [-0.4, -0.2) is 23.9 Å². The molecule has 10 aromatic carbocycles. The number of aromatic nitrogens is 5. The van der Waals surface area contributed by atoms with Gasteiger partial charge >= 0.3 is 0 Å². The van der Waals surface area contributed by atoms with Crippen LogP contribution >= 0.6 is 0 Å². The summed E-state index contributed by atoms with van der Waals surface area (Å²) in [5.74, 6) is 1.91. The van der Waals surface area contributed by atoms with Crippen LogP contribution in [-0.2, 0) is 0 Å². The van der Waals surface area contributed by atoms with Crippen LogP contribution in [0.4, 0.5) is 0 Å². The molecule has 0 fully saturated rings. The average molecular weight is 840 g/mol. The first kappa shape index (κ1) is 36.5. The number of hydrogen-bond acceptors (Lipinski definition) is 3. The molecule has 0 spiro atoms. The van der Waals surface area contributed by atoms with Crippen molar-refractivity contribution in [3.63, 3.8) is 0 Å². The minimum atomic E-state index is 0.632. The van der Waals surface area contributed by atoms with Crippen molar-refractivity contribution in [3.8, 4) is 62.2 Å². The molecule has 0 aliphatic rings. The van der Waals surface area contributed by atoms with E-state index in [9.17, 15) is 0 Å². The minimum Gasteiger partial charge on any atom is -0.308 e. The summed E-state index contributed by atoms with van der Waals surface area (Å²) < 4.78 is 5.12. The van der Waals surface area contributed by atoms with E-state index in [4.69, 9.17) is 15.0 Å². The molecule has 5 nitrogen and oxygen atoms in total. The summed E-state index contributed by atoms with van der Waals surface area (Å²) in [5, 5.41) is 10.8. The lowest BCUT2D eigenvalue weighted by atomic mass is 9.93. The quantitative estimate of drug-likeness (QED) is 0.168. The average Bonchev–Trinajstić information content (AvgIpc) is 3.90. The normalized spacial score (nSPS) is 11.9. The Morgan fingerprint density at radius 2 is 0.773 bits per heavy atom. The Balaban J connectivity index is 1.15. The van der Waals surface area contributed by atoms with Gasteiger partial charge in [-0.3, -0.25) is 0 Å². The summed E-state index contributed by atoms with van der Waals surface area (Å²) in [7, 11) is 0. The highest BCUT2D eigenvalue weighted by molar-refractivity contribution is 6.39. The predicted octanol–water partition coefficient (Wildman–Crippen LogP) is 15.6. The smallest absolute Gasteiger partial charge is 0.164 e. The second kappa shape index (κ2) is 14.3. The van der Waals surface area contributed by atoms with Crippen LogP contribution in [0.2, 0.25) is 0 Å². The van der Waals surface area contributed by atoms with E-state index in [0.717, 1.165) is 38.7 Å². The highest BCUT2D eigenvalue weighted by Crippen LogP contribution is 2.53. The summed E-state index contributed by atoms with van der Waals surface area (Å²) in [5.41, 5.74) is 13.4. The lowest BCUT2D eigenvalue weighted by Crippen LogP contribution is -2.02. The van der Waals surface area contributed by atoms with Crippen LogP contribution in [0, 0.1) is 0 Å². The molecule has 4 heterocycles. The van der Waals surface area contributed by atoms with Crippen molar-refractivity contribution in [2.75, 3.05) is 0 Å². The maximum atomic E-state index is 5.20. The third-order valence-electron chi connectivity index (χ3n) is 13.5. The van der Waals surface area contributed by atoms with E-state index in [1.807, 2.05) is 36.4 Å². The summed E-state index contributed by atoms with van der Waals surface area (Å²) in [6.45, 7) is 0. The molecule has 66 heavy (non-hydrogen) atoms.